The van der Waals surface area contributed by atoms with Crippen LogP contribution in [0.5, 0.6) is 11.5 Å². The number of thioether (sulfide) groups is 1. The highest BCUT2D eigenvalue weighted by atomic mass is 32.2. The van der Waals surface area contributed by atoms with Gasteiger partial charge in [-0.2, -0.15) is 0 Å². The predicted octanol–water partition coefficient (Wildman–Crippen LogP) is 4.14. The minimum atomic E-state index is -3.80. The van der Waals surface area contributed by atoms with Gasteiger partial charge in [0.1, 0.15) is 21.4 Å². The fourth-order valence-electron chi connectivity index (χ4n) is 3.95. The summed E-state index contributed by atoms with van der Waals surface area (Å²) >= 11 is 1.50. The Morgan fingerprint density at radius 2 is 1.89 bits per heavy atom. The van der Waals surface area contributed by atoms with E-state index in [0.29, 0.717) is 24.5 Å². The topological polar surface area (TPSA) is 111 Å². The Kier molecular flexibility index (Phi) is 6.96. The van der Waals surface area contributed by atoms with Gasteiger partial charge >= 0.3 is 0 Å². The second-order valence-electron chi connectivity index (χ2n) is 9.15. The van der Waals surface area contributed by atoms with Gasteiger partial charge in [0.05, 0.1) is 5.52 Å². The molecule has 2 aliphatic rings. The average Bonchev–Trinajstić information content (AvgIpc) is 3.46. The number of para-hydroxylation sites is 1. The van der Waals surface area contributed by atoms with E-state index in [0.717, 1.165) is 39.4 Å². The lowest BCUT2D eigenvalue weighted by Crippen LogP contribution is -2.27. The Bertz CT molecular complexity index is 1410. The molecule has 2 aliphatic heterocycles. The van der Waals surface area contributed by atoms with Crippen LogP contribution in [-0.4, -0.2) is 49.7 Å². The average molecular weight is 529 g/mol. The smallest absolute Gasteiger partial charge is 0.244 e. The van der Waals surface area contributed by atoms with E-state index in [2.05, 4.69) is 20.2 Å². The molecule has 0 saturated carbocycles. The van der Waals surface area contributed by atoms with E-state index in [-0.39, 0.29) is 23.8 Å². The molecule has 36 heavy (non-hydrogen) atoms. The van der Waals surface area contributed by atoms with Gasteiger partial charge in [-0.1, -0.05) is 29.4 Å². The van der Waals surface area contributed by atoms with Crippen molar-refractivity contribution in [3.8, 4) is 11.5 Å². The molecule has 0 bridgehead atoms. The van der Waals surface area contributed by atoms with Gasteiger partial charge in [-0.05, 0) is 50.1 Å². The fourth-order valence-corrected chi connectivity index (χ4v) is 6.24. The molecule has 11 heteroatoms. The molecule has 0 atom stereocenters. The Balaban J connectivity index is 1.27. The third kappa shape index (κ3) is 5.69. The zero-order chi connectivity index (χ0) is 25.2. The highest BCUT2D eigenvalue weighted by molar-refractivity contribution is 8.14. The Hall–Kier alpha value is -3.02. The molecule has 190 valence electrons. The number of pyridine rings is 1. The molecule has 0 radical (unpaired) electrons. The first-order valence-electron chi connectivity index (χ1n) is 11.7. The summed E-state index contributed by atoms with van der Waals surface area (Å²) < 4.78 is 40.1. The summed E-state index contributed by atoms with van der Waals surface area (Å²) in [6.45, 7) is 4.93. The van der Waals surface area contributed by atoms with Crippen LogP contribution >= 0.6 is 11.8 Å². The van der Waals surface area contributed by atoms with Gasteiger partial charge in [0.15, 0.2) is 11.5 Å². The number of anilines is 1. The maximum absolute atomic E-state index is 13.3. The molecule has 0 saturated heterocycles. The number of oxime groups is 1. The monoisotopic (exact) mass is 528 g/mol. The SMILES string of the molecule is CC1(C)CC(SCCNS(=O)(=O)c2cc3ccccc3nc2NCCc2ccc3c(c2)OCO3)=NO1. The molecule has 3 aromatic rings. The summed E-state index contributed by atoms with van der Waals surface area (Å²) in [5.74, 6) is 2.33. The normalized spacial score (nSPS) is 16.1. The van der Waals surface area contributed by atoms with E-state index in [4.69, 9.17) is 14.3 Å². The maximum Gasteiger partial charge on any atom is 0.244 e. The van der Waals surface area contributed by atoms with Crippen molar-refractivity contribution in [1.82, 2.24) is 9.71 Å². The molecule has 0 aliphatic carbocycles. The van der Waals surface area contributed by atoms with Gasteiger partial charge < -0.3 is 19.6 Å². The number of sulfonamides is 1. The van der Waals surface area contributed by atoms with Crippen LogP contribution in [0.15, 0.2) is 58.6 Å². The lowest BCUT2D eigenvalue weighted by molar-refractivity contribution is 0.0123. The summed E-state index contributed by atoms with van der Waals surface area (Å²) in [5, 5.41) is 8.93. The minimum absolute atomic E-state index is 0.125. The van der Waals surface area contributed by atoms with Crippen LogP contribution in [0.4, 0.5) is 5.82 Å². The van der Waals surface area contributed by atoms with Gasteiger partial charge in [0.25, 0.3) is 0 Å². The van der Waals surface area contributed by atoms with Crippen molar-refractivity contribution in [3.63, 3.8) is 0 Å². The number of fused-ring (bicyclic) bond motifs is 2. The second kappa shape index (κ2) is 10.2. The van der Waals surface area contributed by atoms with Crippen LogP contribution in [0, 0.1) is 0 Å². The lowest BCUT2D eigenvalue weighted by Gasteiger charge is -2.14. The van der Waals surface area contributed by atoms with E-state index in [1.807, 2.05) is 56.3 Å². The number of nitrogens with one attached hydrogen (secondary N) is 2. The quantitative estimate of drug-likeness (QED) is 0.399. The molecular formula is C25H28N4O5S2. The highest BCUT2D eigenvalue weighted by Crippen LogP contribution is 2.33. The van der Waals surface area contributed by atoms with Crippen molar-refractivity contribution in [3.05, 3.63) is 54.1 Å². The van der Waals surface area contributed by atoms with Crippen molar-refractivity contribution < 1.29 is 22.7 Å². The van der Waals surface area contributed by atoms with Gasteiger partial charge in [-0.3, -0.25) is 0 Å². The van der Waals surface area contributed by atoms with E-state index >= 15 is 0 Å². The van der Waals surface area contributed by atoms with Crippen LogP contribution in [-0.2, 0) is 21.3 Å². The summed E-state index contributed by atoms with van der Waals surface area (Å²) in [7, 11) is -3.80. The number of hydrogen-bond acceptors (Lipinski definition) is 9. The summed E-state index contributed by atoms with van der Waals surface area (Å²) in [5.41, 5.74) is 1.47. The largest absolute Gasteiger partial charge is 0.454 e. The van der Waals surface area contributed by atoms with Crippen molar-refractivity contribution >= 4 is 43.5 Å². The first-order chi connectivity index (χ1) is 17.3. The lowest BCUT2D eigenvalue weighted by atomic mass is 10.1. The third-order valence-electron chi connectivity index (χ3n) is 5.76. The predicted molar refractivity (Wildman–Crippen MR) is 141 cm³/mol. The van der Waals surface area contributed by atoms with Gasteiger partial charge in [0.2, 0.25) is 16.8 Å². The number of benzene rings is 2. The molecule has 0 amide bonds. The molecule has 5 rings (SSSR count). The molecule has 0 unspecified atom stereocenters. The molecular weight excluding hydrogens is 500 g/mol. The van der Waals surface area contributed by atoms with E-state index in [1.54, 1.807) is 6.07 Å². The number of ether oxygens (including phenoxy) is 2. The van der Waals surface area contributed by atoms with E-state index < -0.39 is 10.0 Å². The Labute approximate surface area is 214 Å². The Morgan fingerprint density at radius 1 is 1.06 bits per heavy atom. The van der Waals surface area contributed by atoms with Gasteiger partial charge in [-0.15, -0.1) is 11.8 Å². The standard InChI is InChI=1S/C25H28N4O5S2/c1-25(2)15-23(29-34-25)35-12-11-27-36(30,31)22-14-18-5-3-4-6-19(18)28-24(22)26-10-9-17-7-8-20-21(13-17)33-16-32-20/h3-8,13-14,27H,9-12,15-16H2,1-2H3,(H,26,28). The molecule has 2 N–H and O–H groups in total. The number of aromatic nitrogens is 1. The summed E-state index contributed by atoms with van der Waals surface area (Å²) in [6, 6.07) is 14.9. The van der Waals surface area contributed by atoms with Crippen molar-refractivity contribution in [1.29, 1.82) is 0 Å². The van der Waals surface area contributed by atoms with Crippen LogP contribution in [0.2, 0.25) is 0 Å². The maximum atomic E-state index is 13.3. The van der Waals surface area contributed by atoms with Crippen LogP contribution in [0.3, 0.4) is 0 Å². The van der Waals surface area contributed by atoms with Crippen molar-refractivity contribution in [2.24, 2.45) is 5.16 Å². The first-order valence-corrected chi connectivity index (χ1v) is 14.2. The van der Waals surface area contributed by atoms with E-state index in [1.165, 1.54) is 11.8 Å². The number of nitrogens with zero attached hydrogens (tertiary/aromatic N) is 2. The van der Waals surface area contributed by atoms with Crippen LogP contribution < -0.4 is 19.5 Å². The minimum Gasteiger partial charge on any atom is -0.454 e. The zero-order valence-electron chi connectivity index (χ0n) is 20.1. The molecule has 1 aromatic heterocycles. The summed E-state index contributed by atoms with van der Waals surface area (Å²) in [4.78, 5) is 10.1. The van der Waals surface area contributed by atoms with Crippen LogP contribution in [0.25, 0.3) is 10.9 Å². The number of rotatable bonds is 9. The first kappa shape index (κ1) is 24.7. The number of hydrogen-bond donors (Lipinski definition) is 2. The Morgan fingerprint density at radius 3 is 2.72 bits per heavy atom. The third-order valence-corrected chi connectivity index (χ3v) is 8.19. The van der Waals surface area contributed by atoms with Crippen molar-refractivity contribution in [2.75, 3.05) is 31.0 Å². The summed E-state index contributed by atoms with van der Waals surface area (Å²) in [6.07, 6.45) is 1.38. The fraction of sp³-hybridized carbons (Fsp3) is 0.360. The second-order valence-corrected chi connectivity index (χ2v) is 12.1. The van der Waals surface area contributed by atoms with Gasteiger partial charge in [0, 0.05) is 30.6 Å². The van der Waals surface area contributed by atoms with Crippen LogP contribution in [0.1, 0.15) is 25.8 Å². The molecule has 9 nitrogen and oxygen atoms in total. The molecule has 2 aromatic carbocycles. The zero-order valence-corrected chi connectivity index (χ0v) is 21.7. The molecule has 0 fully saturated rings. The molecule has 3 heterocycles. The van der Waals surface area contributed by atoms with Gasteiger partial charge in [-0.25, -0.2) is 18.1 Å². The molecule has 0 spiro atoms. The van der Waals surface area contributed by atoms with E-state index in [9.17, 15) is 8.42 Å². The highest BCUT2D eigenvalue weighted by Gasteiger charge is 2.29. The van der Waals surface area contributed by atoms with Crippen molar-refractivity contribution in [2.45, 2.75) is 37.2 Å².